The van der Waals surface area contributed by atoms with Gasteiger partial charge in [0.2, 0.25) is 0 Å². The molecule has 0 bridgehead atoms. The zero-order valence-corrected chi connectivity index (χ0v) is 11.3. The second-order valence-corrected chi connectivity index (χ2v) is 4.71. The van der Waals surface area contributed by atoms with Crippen LogP contribution in [0.1, 0.15) is 44.7 Å². The lowest BCUT2D eigenvalue weighted by molar-refractivity contribution is 0.0323. The number of hydrogen-bond acceptors (Lipinski definition) is 2. The summed E-state index contributed by atoms with van der Waals surface area (Å²) in [6, 6.07) is 8.65. The van der Waals surface area contributed by atoms with E-state index in [9.17, 15) is 5.11 Å². The third-order valence-electron chi connectivity index (χ3n) is 3.53. The molecule has 0 aliphatic carbocycles. The molecule has 0 spiro atoms. The molecule has 2 N–H and O–H groups in total. The molecule has 1 rings (SSSR count). The molecule has 0 aliphatic heterocycles. The van der Waals surface area contributed by atoms with Gasteiger partial charge >= 0.3 is 0 Å². The van der Waals surface area contributed by atoms with Crippen LogP contribution in [-0.2, 0) is 13.0 Å². The predicted molar refractivity (Wildman–Crippen MR) is 73.1 cm³/mol. The van der Waals surface area contributed by atoms with Crippen LogP contribution in [0.2, 0.25) is 0 Å². The van der Waals surface area contributed by atoms with E-state index in [4.69, 9.17) is 0 Å². The maximum Gasteiger partial charge on any atom is 0.0766 e. The summed E-state index contributed by atoms with van der Waals surface area (Å²) >= 11 is 0. The first-order valence-corrected chi connectivity index (χ1v) is 6.64. The minimum absolute atomic E-state index is 0.552. The number of aliphatic hydroxyl groups is 1. The molecule has 0 radical (unpaired) electrons. The van der Waals surface area contributed by atoms with Crippen molar-refractivity contribution in [2.45, 2.75) is 52.2 Å². The monoisotopic (exact) mass is 235 g/mol. The number of aryl methyl sites for hydroxylation is 1. The van der Waals surface area contributed by atoms with Crippen LogP contribution in [0.4, 0.5) is 0 Å². The van der Waals surface area contributed by atoms with Crippen LogP contribution in [0.5, 0.6) is 0 Å². The Morgan fingerprint density at radius 3 is 2.00 bits per heavy atom. The summed E-state index contributed by atoms with van der Waals surface area (Å²) in [6.07, 6.45) is 2.68. The van der Waals surface area contributed by atoms with E-state index in [1.54, 1.807) is 0 Å². The first-order valence-electron chi connectivity index (χ1n) is 6.64. The molecule has 0 saturated carbocycles. The Balaban J connectivity index is 2.40. The molecule has 96 valence electrons. The Morgan fingerprint density at radius 2 is 1.53 bits per heavy atom. The Labute approximate surface area is 105 Å². The van der Waals surface area contributed by atoms with Gasteiger partial charge in [-0.15, -0.1) is 0 Å². The molecule has 0 aliphatic rings. The standard InChI is InChI=1S/C15H25NO/c1-4-13-7-9-14(10-8-13)11-16-12-15(17,5-2)6-3/h7-10,16-17H,4-6,11-12H2,1-3H3. The number of nitrogens with one attached hydrogen (secondary N) is 1. The third kappa shape index (κ3) is 4.49. The smallest absolute Gasteiger partial charge is 0.0766 e. The van der Waals surface area contributed by atoms with E-state index in [0.29, 0.717) is 6.54 Å². The third-order valence-corrected chi connectivity index (χ3v) is 3.53. The minimum atomic E-state index is -0.552. The van der Waals surface area contributed by atoms with E-state index in [1.807, 2.05) is 13.8 Å². The van der Waals surface area contributed by atoms with Gasteiger partial charge in [0.25, 0.3) is 0 Å². The molecule has 0 unspecified atom stereocenters. The zero-order valence-electron chi connectivity index (χ0n) is 11.3. The SMILES string of the molecule is CCc1ccc(CNCC(O)(CC)CC)cc1. The summed E-state index contributed by atoms with van der Waals surface area (Å²) < 4.78 is 0. The van der Waals surface area contributed by atoms with Crippen molar-refractivity contribution >= 4 is 0 Å². The molecular formula is C15H25NO. The lowest BCUT2D eigenvalue weighted by atomic mass is 9.97. The molecule has 0 aromatic heterocycles. The Hall–Kier alpha value is -0.860. The maximum atomic E-state index is 10.1. The maximum absolute atomic E-state index is 10.1. The van der Waals surface area contributed by atoms with Crippen molar-refractivity contribution in [1.82, 2.24) is 5.32 Å². The normalized spacial score (nSPS) is 11.8. The van der Waals surface area contributed by atoms with E-state index in [-0.39, 0.29) is 0 Å². The van der Waals surface area contributed by atoms with Crippen LogP contribution in [0, 0.1) is 0 Å². The van der Waals surface area contributed by atoms with Crippen LogP contribution < -0.4 is 5.32 Å². The van der Waals surface area contributed by atoms with Gasteiger partial charge in [-0.3, -0.25) is 0 Å². The van der Waals surface area contributed by atoms with Crippen molar-refractivity contribution in [2.75, 3.05) is 6.54 Å². The molecule has 0 amide bonds. The largest absolute Gasteiger partial charge is 0.389 e. The molecule has 1 aromatic rings. The summed E-state index contributed by atoms with van der Waals surface area (Å²) in [7, 11) is 0. The highest BCUT2D eigenvalue weighted by Crippen LogP contribution is 2.13. The van der Waals surface area contributed by atoms with Crippen molar-refractivity contribution in [3.05, 3.63) is 35.4 Å². The van der Waals surface area contributed by atoms with Gasteiger partial charge in [-0.05, 0) is 30.4 Å². The second-order valence-electron chi connectivity index (χ2n) is 4.71. The predicted octanol–water partition coefficient (Wildman–Crippen LogP) is 2.89. The first-order chi connectivity index (χ1) is 8.13. The number of hydrogen-bond donors (Lipinski definition) is 2. The molecule has 2 heteroatoms. The van der Waals surface area contributed by atoms with E-state index < -0.39 is 5.60 Å². The summed E-state index contributed by atoms with van der Waals surface area (Å²) in [5.74, 6) is 0. The lowest BCUT2D eigenvalue weighted by Gasteiger charge is -2.25. The van der Waals surface area contributed by atoms with Crippen molar-refractivity contribution < 1.29 is 5.11 Å². The summed E-state index contributed by atoms with van der Waals surface area (Å²) in [5.41, 5.74) is 2.09. The van der Waals surface area contributed by atoms with E-state index in [1.165, 1.54) is 11.1 Å². The van der Waals surface area contributed by atoms with Crippen LogP contribution in [0.3, 0.4) is 0 Å². The van der Waals surface area contributed by atoms with Crippen LogP contribution in [-0.4, -0.2) is 17.3 Å². The molecule has 17 heavy (non-hydrogen) atoms. The molecule has 0 heterocycles. The molecule has 1 aromatic carbocycles. The number of benzene rings is 1. The summed E-state index contributed by atoms with van der Waals surface area (Å²) in [4.78, 5) is 0. The van der Waals surface area contributed by atoms with E-state index in [0.717, 1.165) is 25.8 Å². The molecule has 0 fully saturated rings. The van der Waals surface area contributed by atoms with Crippen molar-refractivity contribution in [1.29, 1.82) is 0 Å². The van der Waals surface area contributed by atoms with Crippen molar-refractivity contribution in [3.63, 3.8) is 0 Å². The van der Waals surface area contributed by atoms with Crippen LogP contribution >= 0.6 is 0 Å². The average Bonchev–Trinajstić information content (AvgIpc) is 2.39. The van der Waals surface area contributed by atoms with Crippen molar-refractivity contribution in [3.8, 4) is 0 Å². The molecule has 2 nitrogen and oxygen atoms in total. The average molecular weight is 235 g/mol. The molecule has 0 saturated heterocycles. The minimum Gasteiger partial charge on any atom is -0.389 e. The zero-order chi connectivity index (χ0) is 12.7. The lowest BCUT2D eigenvalue weighted by Crippen LogP contribution is -2.39. The quantitative estimate of drug-likeness (QED) is 0.761. The van der Waals surface area contributed by atoms with Crippen molar-refractivity contribution in [2.24, 2.45) is 0 Å². The highest BCUT2D eigenvalue weighted by Gasteiger charge is 2.20. The topological polar surface area (TPSA) is 32.3 Å². The van der Waals surface area contributed by atoms with Crippen LogP contribution in [0.25, 0.3) is 0 Å². The van der Waals surface area contributed by atoms with Gasteiger partial charge in [0.05, 0.1) is 5.60 Å². The van der Waals surface area contributed by atoms with Crippen LogP contribution in [0.15, 0.2) is 24.3 Å². The van der Waals surface area contributed by atoms with Gasteiger partial charge in [-0.1, -0.05) is 45.0 Å². The Kier molecular flexibility index (Phi) is 5.66. The van der Waals surface area contributed by atoms with Gasteiger partial charge in [-0.25, -0.2) is 0 Å². The van der Waals surface area contributed by atoms with Gasteiger partial charge in [0.15, 0.2) is 0 Å². The van der Waals surface area contributed by atoms with Gasteiger partial charge in [0, 0.05) is 13.1 Å². The fourth-order valence-corrected chi connectivity index (χ4v) is 1.83. The fraction of sp³-hybridized carbons (Fsp3) is 0.600. The highest BCUT2D eigenvalue weighted by molar-refractivity contribution is 5.22. The molecule has 0 atom stereocenters. The number of rotatable bonds is 7. The molecular weight excluding hydrogens is 210 g/mol. The van der Waals surface area contributed by atoms with Gasteiger partial charge in [0.1, 0.15) is 0 Å². The first kappa shape index (κ1) is 14.2. The van der Waals surface area contributed by atoms with E-state index in [2.05, 4.69) is 36.5 Å². The second kappa shape index (κ2) is 6.77. The fourth-order valence-electron chi connectivity index (χ4n) is 1.83. The van der Waals surface area contributed by atoms with Gasteiger partial charge in [-0.2, -0.15) is 0 Å². The van der Waals surface area contributed by atoms with Gasteiger partial charge < -0.3 is 10.4 Å². The Bertz CT molecular complexity index is 314. The Morgan fingerprint density at radius 1 is 1.00 bits per heavy atom. The summed E-state index contributed by atoms with van der Waals surface area (Å²) in [5, 5.41) is 13.5. The highest BCUT2D eigenvalue weighted by atomic mass is 16.3. The summed E-state index contributed by atoms with van der Waals surface area (Å²) in [6.45, 7) is 7.71. The van der Waals surface area contributed by atoms with E-state index >= 15 is 0 Å².